The van der Waals surface area contributed by atoms with Crippen molar-refractivity contribution in [3.63, 3.8) is 0 Å². The summed E-state index contributed by atoms with van der Waals surface area (Å²) in [6, 6.07) is 41.8. The highest BCUT2D eigenvalue weighted by Gasteiger charge is 2.21. The third-order valence-corrected chi connectivity index (χ3v) is 13.0. The van der Waals surface area contributed by atoms with Crippen molar-refractivity contribution in [3.05, 3.63) is 155 Å². The smallest absolute Gasteiger partial charge is 0.343 e. The normalized spacial score (nSPS) is 12.8. The summed E-state index contributed by atoms with van der Waals surface area (Å²) in [5.41, 5.74) is 4.19. The number of rotatable bonds is 29. The number of unbranched alkanes of at least 4 members (excludes halogenated alkanes) is 2. The molecule has 0 radical (unpaired) electrons. The maximum Gasteiger partial charge on any atom is 0.343 e. The fourth-order valence-corrected chi connectivity index (χ4v) is 8.87. The summed E-state index contributed by atoms with van der Waals surface area (Å²) in [6.07, 6.45) is 10.7. The Balaban J connectivity index is 1.13. The molecule has 3 unspecified atom stereocenters. The highest BCUT2D eigenvalue weighted by molar-refractivity contribution is 6.35. The Bertz CT molecular complexity index is 2040. The largest absolute Gasteiger partial charge is 0.494 e. The van der Waals surface area contributed by atoms with Crippen LogP contribution >= 0.6 is 0 Å². The van der Waals surface area contributed by atoms with Gasteiger partial charge in [-0.15, -0.1) is 0 Å². The van der Waals surface area contributed by atoms with Crippen LogP contribution in [0.5, 0.6) is 23.0 Å². The van der Waals surface area contributed by atoms with Crippen molar-refractivity contribution in [1.82, 2.24) is 0 Å². The van der Waals surface area contributed by atoms with Crippen LogP contribution in [-0.2, 0) is 16.1 Å². The van der Waals surface area contributed by atoms with Crippen LogP contribution in [0.1, 0.15) is 135 Å². The molecule has 8 nitrogen and oxygen atoms in total. The fraction of sp³-hybridized carbons (Fsp3) is 0.407. The maximum atomic E-state index is 13.3. The lowest BCUT2D eigenvalue weighted by molar-refractivity contribution is -0.0473. The molecule has 5 rings (SSSR count). The SMILES string of the molecule is CCCCOc1ccc(C(=O)Oc2ccc(OC(=O)c3ccc(OCCCC)cc3)c(COCOC[SiH2]CCCC(CC(C)c3ccccc3)CC(CC)c3ccccc3)c2)cc1. The van der Waals surface area contributed by atoms with E-state index >= 15 is 0 Å². The Hall–Kier alpha value is -5.22. The van der Waals surface area contributed by atoms with E-state index < -0.39 is 21.5 Å². The molecule has 0 heterocycles. The Morgan fingerprint density at radius 3 is 1.76 bits per heavy atom. The molecular weight excluding hydrogens is 805 g/mol. The number of esters is 2. The van der Waals surface area contributed by atoms with E-state index in [1.165, 1.54) is 42.9 Å². The summed E-state index contributed by atoms with van der Waals surface area (Å²) in [7, 11) is -0.445. The molecule has 0 fully saturated rings. The minimum atomic E-state index is -0.522. The standard InChI is InChI=1S/C54H68O8Si/c1-5-8-32-59-49-26-22-46(23-27-49)53(55)61-51-30-31-52(62-54(56)47-24-28-50(29-25-47)60-33-9-6-2)48(37-51)38-57-39-58-40-63-34-16-17-42(35-41(4)44-18-12-10-13-19-44)36-43(7-3)45-20-14-11-15-21-45/h10-15,18-31,37,41-43H,5-9,16-17,32-36,38-40,63H2,1-4H3. The van der Waals surface area contributed by atoms with Gasteiger partial charge in [0.05, 0.1) is 40.5 Å². The quantitative estimate of drug-likeness (QED) is 0.0154. The third-order valence-electron chi connectivity index (χ3n) is 11.4. The summed E-state index contributed by atoms with van der Waals surface area (Å²) in [5, 5.41) is 0. The van der Waals surface area contributed by atoms with Gasteiger partial charge in [-0.1, -0.05) is 120 Å². The number of carbonyl (C=O) groups is 2. The zero-order valence-electron chi connectivity index (χ0n) is 37.9. The topological polar surface area (TPSA) is 89.5 Å². The van der Waals surface area contributed by atoms with Gasteiger partial charge in [0.25, 0.3) is 0 Å². The number of hydrogen-bond donors (Lipinski definition) is 0. The average Bonchev–Trinajstić information content (AvgIpc) is 3.31. The molecule has 0 saturated heterocycles. The summed E-state index contributed by atoms with van der Waals surface area (Å²) in [6.45, 7) is 10.3. The minimum Gasteiger partial charge on any atom is -0.494 e. The average molecular weight is 873 g/mol. The van der Waals surface area contributed by atoms with Gasteiger partial charge in [0, 0.05) is 11.8 Å². The predicted molar refractivity (Wildman–Crippen MR) is 255 cm³/mol. The molecule has 5 aromatic carbocycles. The zero-order chi connectivity index (χ0) is 44.5. The molecule has 0 aromatic heterocycles. The summed E-state index contributed by atoms with van der Waals surface area (Å²) in [5.74, 6) is 2.72. The molecule has 0 amide bonds. The van der Waals surface area contributed by atoms with Crippen LogP contribution in [0.3, 0.4) is 0 Å². The van der Waals surface area contributed by atoms with Crippen LogP contribution < -0.4 is 18.9 Å². The first-order valence-electron chi connectivity index (χ1n) is 23.1. The second-order valence-electron chi connectivity index (χ2n) is 16.4. The second-order valence-corrected chi connectivity index (χ2v) is 18.2. The number of hydrogen-bond acceptors (Lipinski definition) is 8. The molecule has 0 bridgehead atoms. The molecule has 63 heavy (non-hydrogen) atoms. The first-order chi connectivity index (χ1) is 30.9. The van der Waals surface area contributed by atoms with Crippen molar-refractivity contribution in [3.8, 4) is 23.0 Å². The van der Waals surface area contributed by atoms with Crippen molar-refractivity contribution < 1.29 is 38.0 Å². The molecule has 0 spiro atoms. The Labute approximate surface area is 378 Å². The van der Waals surface area contributed by atoms with E-state index in [1.54, 1.807) is 66.7 Å². The van der Waals surface area contributed by atoms with Gasteiger partial charge < -0.3 is 28.4 Å². The summed E-state index contributed by atoms with van der Waals surface area (Å²) in [4.78, 5) is 26.4. The van der Waals surface area contributed by atoms with Crippen molar-refractivity contribution in [2.45, 2.75) is 110 Å². The molecule has 5 aromatic rings. The van der Waals surface area contributed by atoms with E-state index in [1.807, 2.05) is 0 Å². The van der Waals surface area contributed by atoms with Crippen LogP contribution in [0, 0.1) is 5.92 Å². The summed E-state index contributed by atoms with van der Waals surface area (Å²) < 4.78 is 35.1. The molecule has 0 aliphatic carbocycles. The fourth-order valence-electron chi connectivity index (χ4n) is 7.70. The molecular formula is C54H68O8Si. The lowest BCUT2D eigenvalue weighted by Gasteiger charge is -2.26. The van der Waals surface area contributed by atoms with Crippen molar-refractivity contribution in [2.75, 3.05) is 26.2 Å². The van der Waals surface area contributed by atoms with Crippen molar-refractivity contribution in [2.24, 2.45) is 5.92 Å². The van der Waals surface area contributed by atoms with Crippen LogP contribution in [0.15, 0.2) is 127 Å². The van der Waals surface area contributed by atoms with E-state index in [-0.39, 0.29) is 13.4 Å². The van der Waals surface area contributed by atoms with Gasteiger partial charge in [-0.25, -0.2) is 9.59 Å². The van der Waals surface area contributed by atoms with Gasteiger partial charge in [0.2, 0.25) is 0 Å². The van der Waals surface area contributed by atoms with E-state index in [0.717, 1.165) is 32.1 Å². The molecule has 0 aliphatic heterocycles. The van der Waals surface area contributed by atoms with Crippen molar-refractivity contribution >= 4 is 21.5 Å². The van der Waals surface area contributed by atoms with E-state index in [4.69, 9.17) is 28.4 Å². The predicted octanol–water partition coefficient (Wildman–Crippen LogP) is 12.7. The molecule has 0 N–H and O–H groups in total. The monoisotopic (exact) mass is 872 g/mol. The Morgan fingerprint density at radius 1 is 0.603 bits per heavy atom. The molecule has 9 heteroatoms. The van der Waals surface area contributed by atoms with E-state index in [0.29, 0.717) is 76.9 Å². The van der Waals surface area contributed by atoms with Gasteiger partial charge in [-0.05, 0) is 128 Å². The highest BCUT2D eigenvalue weighted by Crippen LogP contribution is 2.35. The summed E-state index contributed by atoms with van der Waals surface area (Å²) >= 11 is 0. The van der Waals surface area contributed by atoms with Gasteiger partial charge >= 0.3 is 11.9 Å². The minimum absolute atomic E-state index is 0.0881. The molecule has 0 aliphatic rings. The maximum absolute atomic E-state index is 13.3. The van der Waals surface area contributed by atoms with Gasteiger partial charge in [0.1, 0.15) is 29.8 Å². The third kappa shape index (κ3) is 17.1. The van der Waals surface area contributed by atoms with Crippen LogP contribution in [0.25, 0.3) is 0 Å². The van der Waals surface area contributed by atoms with Crippen molar-refractivity contribution in [1.29, 1.82) is 0 Å². The highest BCUT2D eigenvalue weighted by atomic mass is 28.2. The van der Waals surface area contributed by atoms with E-state index in [2.05, 4.69) is 88.4 Å². The van der Waals surface area contributed by atoms with Gasteiger partial charge in [0.15, 0.2) is 0 Å². The Kier molecular flexibility index (Phi) is 21.5. The van der Waals surface area contributed by atoms with Gasteiger partial charge in [-0.3, -0.25) is 0 Å². The number of ether oxygens (including phenoxy) is 6. The second kappa shape index (κ2) is 27.8. The van der Waals surface area contributed by atoms with E-state index in [9.17, 15) is 9.59 Å². The Morgan fingerprint density at radius 2 is 1.17 bits per heavy atom. The van der Waals surface area contributed by atoms with Crippen LogP contribution in [0.4, 0.5) is 0 Å². The number of carbonyl (C=O) groups excluding carboxylic acids is 2. The first-order valence-corrected chi connectivity index (χ1v) is 25.1. The zero-order valence-corrected chi connectivity index (χ0v) is 39.4. The first kappa shape index (κ1) is 48.8. The lowest BCUT2D eigenvalue weighted by atomic mass is 9.80. The lowest BCUT2D eigenvalue weighted by Crippen LogP contribution is -2.13. The molecule has 336 valence electrons. The molecule has 0 saturated carbocycles. The van der Waals surface area contributed by atoms with Crippen LogP contribution in [-0.4, -0.2) is 47.7 Å². The number of benzene rings is 5. The van der Waals surface area contributed by atoms with Gasteiger partial charge in [-0.2, -0.15) is 0 Å². The van der Waals surface area contributed by atoms with Crippen LogP contribution in [0.2, 0.25) is 6.04 Å². The molecule has 3 atom stereocenters.